The van der Waals surface area contributed by atoms with Gasteiger partial charge in [0.15, 0.2) is 0 Å². The Morgan fingerprint density at radius 3 is 2.65 bits per heavy atom. The molecule has 0 bridgehead atoms. The molecule has 0 saturated heterocycles. The molecule has 1 N–H and O–H groups in total. The largest absolute Gasteiger partial charge is 0.444 e. The summed E-state index contributed by atoms with van der Waals surface area (Å²) in [5.74, 6) is 0. The zero-order valence-electron chi connectivity index (χ0n) is 15.1. The van der Waals surface area contributed by atoms with Gasteiger partial charge in [0.2, 0.25) is 0 Å². The third kappa shape index (κ3) is 7.47. The molecular weight excluding hydrogens is 296 g/mol. The molecule has 7 nitrogen and oxygen atoms in total. The van der Waals surface area contributed by atoms with Crippen LogP contribution < -0.4 is 5.32 Å². The SMILES string of the molecule is COCCN(CCNC(C)c1cnn(C)c1)C(=O)OC(C)(C)C. The van der Waals surface area contributed by atoms with E-state index in [2.05, 4.69) is 17.3 Å². The Morgan fingerprint density at radius 2 is 2.13 bits per heavy atom. The highest BCUT2D eigenvalue weighted by Gasteiger charge is 2.21. The Morgan fingerprint density at radius 1 is 1.43 bits per heavy atom. The van der Waals surface area contributed by atoms with Gasteiger partial charge in [-0.2, -0.15) is 5.10 Å². The number of ether oxygens (including phenoxy) is 2. The fraction of sp³-hybridized carbons (Fsp3) is 0.750. The first kappa shape index (κ1) is 19.4. The maximum atomic E-state index is 12.2. The summed E-state index contributed by atoms with van der Waals surface area (Å²) in [6.07, 6.45) is 3.51. The van der Waals surface area contributed by atoms with Crippen molar-refractivity contribution in [1.82, 2.24) is 20.0 Å². The number of rotatable bonds is 8. The minimum atomic E-state index is -0.501. The molecule has 0 saturated carbocycles. The molecule has 0 aliphatic rings. The smallest absolute Gasteiger partial charge is 0.410 e. The normalized spacial score (nSPS) is 13.0. The number of aromatic nitrogens is 2. The number of aryl methyl sites for hydroxylation is 1. The van der Waals surface area contributed by atoms with E-state index >= 15 is 0 Å². The van der Waals surface area contributed by atoms with Crippen LogP contribution in [0.5, 0.6) is 0 Å². The number of hydrogen-bond acceptors (Lipinski definition) is 5. The summed E-state index contributed by atoms with van der Waals surface area (Å²) in [5.41, 5.74) is 0.618. The van der Waals surface area contributed by atoms with Crippen LogP contribution in [0.15, 0.2) is 12.4 Å². The fourth-order valence-electron chi connectivity index (χ4n) is 2.02. The zero-order chi connectivity index (χ0) is 17.5. The van der Waals surface area contributed by atoms with Gasteiger partial charge in [0.05, 0.1) is 12.8 Å². The van der Waals surface area contributed by atoms with E-state index in [1.807, 2.05) is 40.2 Å². The highest BCUT2D eigenvalue weighted by atomic mass is 16.6. The minimum absolute atomic E-state index is 0.173. The van der Waals surface area contributed by atoms with Crippen LogP contribution in [0, 0.1) is 0 Å². The van der Waals surface area contributed by atoms with Crippen LogP contribution >= 0.6 is 0 Å². The van der Waals surface area contributed by atoms with Gasteiger partial charge in [-0.1, -0.05) is 0 Å². The molecule has 1 heterocycles. The van der Waals surface area contributed by atoms with Crippen molar-refractivity contribution in [2.45, 2.75) is 39.3 Å². The molecule has 0 spiro atoms. The summed E-state index contributed by atoms with van der Waals surface area (Å²) in [5, 5.41) is 7.56. The van der Waals surface area contributed by atoms with Gasteiger partial charge in [-0.25, -0.2) is 4.79 Å². The van der Waals surface area contributed by atoms with Gasteiger partial charge in [0.25, 0.3) is 0 Å². The van der Waals surface area contributed by atoms with Crippen LogP contribution in [0.4, 0.5) is 4.79 Å². The van der Waals surface area contributed by atoms with Gasteiger partial charge >= 0.3 is 6.09 Å². The average Bonchev–Trinajstić information content (AvgIpc) is 2.87. The number of nitrogens with zero attached hydrogens (tertiary/aromatic N) is 3. The number of amides is 1. The molecule has 0 aromatic carbocycles. The van der Waals surface area contributed by atoms with Crippen molar-refractivity contribution in [2.24, 2.45) is 7.05 Å². The highest BCUT2D eigenvalue weighted by Crippen LogP contribution is 2.11. The third-order valence-corrected chi connectivity index (χ3v) is 3.27. The van der Waals surface area contributed by atoms with E-state index in [1.54, 1.807) is 16.7 Å². The zero-order valence-corrected chi connectivity index (χ0v) is 15.1. The lowest BCUT2D eigenvalue weighted by molar-refractivity contribution is 0.0203. The number of methoxy groups -OCH3 is 1. The second-order valence-electron chi connectivity index (χ2n) is 6.58. The number of hydrogen-bond donors (Lipinski definition) is 1. The Bertz CT molecular complexity index is 482. The van der Waals surface area contributed by atoms with E-state index in [1.165, 1.54) is 0 Å². The summed E-state index contributed by atoms with van der Waals surface area (Å²) >= 11 is 0. The highest BCUT2D eigenvalue weighted by molar-refractivity contribution is 5.68. The van der Waals surface area contributed by atoms with Crippen molar-refractivity contribution in [3.05, 3.63) is 18.0 Å². The van der Waals surface area contributed by atoms with Crippen molar-refractivity contribution < 1.29 is 14.3 Å². The van der Waals surface area contributed by atoms with Gasteiger partial charge in [-0.05, 0) is 27.7 Å². The van der Waals surface area contributed by atoms with Gasteiger partial charge in [0, 0.05) is 51.6 Å². The van der Waals surface area contributed by atoms with Crippen molar-refractivity contribution in [2.75, 3.05) is 33.4 Å². The predicted molar refractivity (Wildman–Crippen MR) is 89.3 cm³/mol. The maximum absolute atomic E-state index is 12.2. The molecule has 1 unspecified atom stereocenters. The van der Waals surface area contributed by atoms with Crippen LogP contribution in [0.25, 0.3) is 0 Å². The molecule has 1 rings (SSSR count). The molecule has 1 aromatic rings. The summed E-state index contributed by atoms with van der Waals surface area (Å²) in [6, 6.07) is 0.173. The predicted octanol–water partition coefficient (Wildman–Crippen LogP) is 1.95. The topological polar surface area (TPSA) is 68.6 Å². The van der Waals surface area contributed by atoms with Crippen molar-refractivity contribution in [3.63, 3.8) is 0 Å². The molecular formula is C16H30N4O3. The van der Waals surface area contributed by atoms with Crippen LogP contribution in [0.2, 0.25) is 0 Å². The van der Waals surface area contributed by atoms with E-state index in [-0.39, 0.29) is 12.1 Å². The summed E-state index contributed by atoms with van der Waals surface area (Å²) in [6.45, 7) is 9.88. The Hall–Kier alpha value is -1.60. The molecule has 0 aliphatic heterocycles. The average molecular weight is 326 g/mol. The summed E-state index contributed by atoms with van der Waals surface area (Å²) in [4.78, 5) is 13.9. The number of nitrogens with one attached hydrogen (secondary N) is 1. The Balaban J connectivity index is 2.48. The molecule has 132 valence electrons. The van der Waals surface area contributed by atoms with Crippen LogP contribution in [0.3, 0.4) is 0 Å². The van der Waals surface area contributed by atoms with E-state index in [0.717, 1.165) is 5.56 Å². The van der Waals surface area contributed by atoms with Crippen LogP contribution in [-0.4, -0.2) is 59.7 Å². The second-order valence-corrected chi connectivity index (χ2v) is 6.58. The fourth-order valence-corrected chi connectivity index (χ4v) is 2.02. The molecule has 1 aromatic heterocycles. The first-order valence-corrected chi connectivity index (χ1v) is 7.91. The maximum Gasteiger partial charge on any atom is 0.410 e. The van der Waals surface area contributed by atoms with Crippen molar-refractivity contribution >= 4 is 6.09 Å². The molecule has 1 atom stereocenters. The van der Waals surface area contributed by atoms with Gasteiger partial charge in [0.1, 0.15) is 5.60 Å². The van der Waals surface area contributed by atoms with Crippen LogP contribution in [0.1, 0.15) is 39.3 Å². The molecule has 1 amide bonds. The van der Waals surface area contributed by atoms with Gasteiger partial charge in [-0.3, -0.25) is 4.68 Å². The van der Waals surface area contributed by atoms with Crippen molar-refractivity contribution in [3.8, 4) is 0 Å². The number of carbonyl (C=O) groups excluding carboxylic acids is 1. The Labute approximate surface area is 138 Å². The lowest BCUT2D eigenvalue weighted by Crippen LogP contribution is -2.42. The van der Waals surface area contributed by atoms with Gasteiger partial charge < -0.3 is 19.7 Å². The molecule has 0 radical (unpaired) electrons. The third-order valence-electron chi connectivity index (χ3n) is 3.27. The second kappa shape index (κ2) is 8.88. The Kier molecular flexibility index (Phi) is 7.51. The lowest BCUT2D eigenvalue weighted by atomic mass is 10.2. The van der Waals surface area contributed by atoms with Crippen LogP contribution in [-0.2, 0) is 16.5 Å². The number of carbonyl (C=O) groups is 1. The van der Waals surface area contributed by atoms with E-state index in [9.17, 15) is 4.79 Å². The molecule has 7 heteroatoms. The summed E-state index contributed by atoms with van der Waals surface area (Å²) < 4.78 is 12.3. The van der Waals surface area contributed by atoms with E-state index in [4.69, 9.17) is 9.47 Å². The quantitative estimate of drug-likeness (QED) is 0.791. The monoisotopic (exact) mass is 326 g/mol. The first-order valence-electron chi connectivity index (χ1n) is 7.91. The van der Waals surface area contributed by atoms with Crippen molar-refractivity contribution in [1.29, 1.82) is 0 Å². The molecule has 0 aliphatic carbocycles. The van der Waals surface area contributed by atoms with E-state index < -0.39 is 5.60 Å². The minimum Gasteiger partial charge on any atom is -0.444 e. The molecule has 0 fully saturated rings. The first-order chi connectivity index (χ1) is 10.7. The summed E-state index contributed by atoms with van der Waals surface area (Å²) in [7, 11) is 3.52. The van der Waals surface area contributed by atoms with Gasteiger partial charge in [-0.15, -0.1) is 0 Å². The standard InChI is InChI=1S/C16H30N4O3/c1-13(14-11-18-19(5)12-14)17-7-8-20(9-10-22-6)15(21)23-16(2,3)4/h11-13,17H,7-10H2,1-6H3. The lowest BCUT2D eigenvalue weighted by Gasteiger charge is -2.27. The molecule has 23 heavy (non-hydrogen) atoms. The van der Waals surface area contributed by atoms with E-state index in [0.29, 0.717) is 26.2 Å².